The summed E-state index contributed by atoms with van der Waals surface area (Å²) in [4.78, 5) is 191. The summed E-state index contributed by atoms with van der Waals surface area (Å²) in [6.07, 6.45) is 10.5. The average molecular weight is 1460 g/mol. The summed E-state index contributed by atoms with van der Waals surface area (Å²) in [7, 11) is 8.58. The topological polar surface area (TPSA) is 329 Å². The molecule has 4 fully saturated rings. The van der Waals surface area contributed by atoms with Crippen molar-refractivity contribution in [1.29, 1.82) is 0 Å². The molecule has 4 aliphatic rings. The number of amides is 12. The predicted molar refractivity (Wildman–Crippen MR) is 394 cm³/mol. The molecule has 2 saturated carbocycles. The second-order valence-corrected chi connectivity index (χ2v) is 32.3. The van der Waals surface area contributed by atoms with E-state index in [1.807, 2.05) is 55.4 Å². The molecule has 0 spiro atoms. The van der Waals surface area contributed by atoms with Crippen LogP contribution in [0.2, 0.25) is 0 Å². The van der Waals surface area contributed by atoms with Crippen LogP contribution >= 0.6 is 0 Å². The third-order valence-corrected chi connectivity index (χ3v) is 21.5. The standard InChI is InChI=1S/C76H134N12O15/c1-19-35-88-46-64(92)82(14)60(42-53-30-24-21-25-31-53)70(96)79-65(51(9)20-2)75(101)86(18)59(41-50(7)8)69(95)80-66(52(10)89)74(100)81(13)45-63(91)83(15)61(43-54-32-26-22-27-33-54)73(99)85(17)58(40-49(5)6)68(94)78-56(47-103-38-34-76(11,12)102)71(97)84(16)57(39-48(3)4)67(93)77-55(44-62(88)90)72(98)87-36-28-23-29-37-87/h48-61,65-66,89,102H,19-47H2,1-18H3,(H,77,93)(H,78,94)(H,79,96)(H,80,95)/t51-,52+,55-,56-,57-,58-,59-,60-,61-,65-,66-/m0/s1. The van der Waals surface area contributed by atoms with E-state index in [1.54, 1.807) is 25.7 Å². The van der Waals surface area contributed by atoms with Crippen LogP contribution in [0.5, 0.6) is 0 Å². The number of hydrogen-bond acceptors (Lipinski definition) is 15. The highest BCUT2D eigenvalue weighted by molar-refractivity contribution is 6.00. The Bertz CT molecular complexity index is 2800. The maximum atomic E-state index is 15.5. The van der Waals surface area contributed by atoms with Crippen LogP contribution in [0.3, 0.4) is 0 Å². The van der Waals surface area contributed by atoms with E-state index in [4.69, 9.17) is 4.74 Å². The zero-order chi connectivity index (χ0) is 77.3. The Kier molecular flexibility index (Phi) is 36.8. The molecule has 11 atom stereocenters. The van der Waals surface area contributed by atoms with Crippen LogP contribution in [0.15, 0.2) is 0 Å². The van der Waals surface area contributed by atoms with Gasteiger partial charge in [0.1, 0.15) is 54.4 Å². The molecule has 103 heavy (non-hydrogen) atoms. The normalized spacial score (nSPS) is 26.6. The number of piperidine rings is 1. The average Bonchev–Trinajstić information content (AvgIpc) is 0.823. The first kappa shape index (κ1) is 88.9. The maximum Gasteiger partial charge on any atom is 0.248 e. The Morgan fingerprint density at radius 1 is 0.515 bits per heavy atom. The first-order chi connectivity index (χ1) is 48.3. The highest BCUT2D eigenvalue weighted by atomic mass is 16.5. The van der Waals surface area contributed by atoms with E-state index >= 15 is 33.6 Å². The molecule has 0 aromatic carbocycles. The van der Waals surface area contributed by atoms with Crippen molar-refractivity contribution in [3.63, 3.8) is 0 Å². The van der Waals surface area contributed by atoms with Crippen molar-refractivity contribution in [3.05, 3.63) is 0 Å². The second kappa shape index (κ2) is 42.6. The minimum atomic E-state index is -1.64. The van der Waals surface area contributed by atoms with Crippen molar-refractivity contribution in [2.75, 3.05) is 88.2 Å². The largest absolute Gasteiger partial charge is 0.391 e. The lowest BCUT2D eigenvalue weighted by Crippen LogP contribution is -2.62. The SMILES string of the molecule is CCCN1CC(=O)N(C)[C@@H](CC2CCCCC2)C(=O)N[C@@H]([C@@H](C)CC)C(=O)N(C)[C@@H](CC(C)C)C(=O)N[C@@H]([C@@H](C)O)C(=O)N(C)CC(=O)N(C)[C@@H](CC2CCCCC2)C(=O)N(C)[C@@H](CC(C)C)C(=O)N[C@@H](COCCC(C)(C)O)C(=O)N(C)[C@@H](CC(C)C)C(=O)N[C@H](C(=O)N2CCCCC2)CC1=O. The van der Waals surface area contributed by atoms with Gasteiger partial charge >= 0.3 is 0 Å². The number of rotatable bonds is 21. The molecule has 2 aliphatic carbocycles. The number of aliphatic hydroxyl groups is 2. The van der Waals surface area contributed by atoms with Gasteiger partial charge in [-0.1, -0.05) is 133 Å². The molecule has 2 aliphatic heterocycles. The fraction of sp³-hybridized carbons (Fsp3) is 0.842. The van der Waals surface area contributed by atoms with Crippen LogP contribution < -0.4 is 21.3 Å². The van der Waals surface area contributed by atoms with E-state index in [0.717, 1.165) is 75.5 Å². The monoisotopic (exact) mass is 1460 g/mol. The van der Waals surface area contributed by atoms with Gasteiger partial charge in [-0.05, 0) is 120 Å². The van der Waals surface area contributed by atoms with Crippen LogP contribution in [0.1, 0.15) is 224 Å². The number of ether oxygens (including phenoxy) is 1. The van der Waals surface area contributed by atoms with Gasteiger partial charge in [-0.3, -0.25) is 57.5 Å². The number of carbonyl (C=O) groups excluding carboxylic acids is 12. The minimum Gasteiger partial charge on any atom is -0.391 e. The second-order valence-electron chi connectivity index (χ2n) is 32.3. The van der Waals surface area contributed by atoms with E-state index in [1.165, 1.54) is 78.6 Å². The molecule has 0 bridgehead atoms. The van der Waals surface area contributed by atoms with Crippen LogP contribution in [0.4, 0.5) is 0 Å². The molecule has 0 aromatic heterocycles. The van der Waals surface area contributed by atoms with Crippen LogP contribution in [-0.4, -0.2) is 275 Å². The van der Waals surface area contributed by atoms with Crippen molar-refractivity contribution in [3.8, 4) is 0 Å². The highest BCUT2D eigenvalue weighted by Crippen LogP contribution is 2.32. The van der Waals surface area contributed by atoms with Gasteiger partial charge in [-0.2, -0.15) is 0 Å². The Morgan fingerprint density at radius 3 is 1.44 bits per heavy atom. The molecule has 0 unspecified atom stereocenters. The third kappa shape index (κ3) is 27.4. The van der Waals surface area contributed by atoms with Gasteiger partial charge in [-0.15, -0.1) is 0 Å². The molecular formula is C76H134N12O15. The number of nitrogens with one attached hydrogen (secondary N) is 4. The smallest absolute Gasteiger partial charge is 0.248 e. The van der Waals surface area contributed by atoms with Crippen molar-refractivity contribution in [2.45, 2.75) is 290 Å². The first-order valence-corrected chi connectivity index (χ1v) is 38.7. The van der Waals surface area contributed by atoms with E-state index in [0.29, 0.717) is 38.8 Å². The molecule has 12 amide bonds. The fourth-order valence-electron chi connectivity index (χ4n) is 14.6. The zero-order valence-electron chi connectivity index (χ0n) is 66.0. The number of likely N-dealkylation sites (N-methyl/N-ethyl adjacent to an activating group) is 6. The maximum absolute atomic E-state index is 15.5. The highest BCUT2D eigenvalue weighted by Gasteiger charge is 2.44. The summed E-state index contributed by atoms with van der Waals surface area (Å²) >= 11 is 0. The Morgan fingerprint density at radius 2 is 0.951 bits per heavy atom. The summed E-state index contributed by atoms with van der Waals surface area (Å²) in [5, 5.41) is 33.5. The fourth-order valence-corrected chi connectivity index (χ4v) is 14.6. The van der Waals surface area contributed by atoms with Gasteiger partial charge in [0.15, 0.2) is 0 Å². The first-order valence-electron chi connectivity index (χ1n) is 38.7. The van der Waals surface area contributed by atoms with Gasteiger partial charge in [0.05, 0.1) is 37.8 Å². The van der Waals surface area contributed by atoms with Gasteiger partial charge in [0.2, 0.25) is 70.9 Å². The van der Waals surface area contributed by atoms with Crippen molar-refractivity contribution in [2.24, 2.45) is 35.5 Å². The van der Waals surface area contributed by atoms with Crippen molar-refractivity contribution < 1.29 is 72.5 Å². The number of carbonyl (C=O) groups is 12. The Labute approximate surface area is 615 Å². The number of aliphatic hydroxyl groups excluding tert-OH is 1. The molecule has 2 heterocycles. The van der Waals surface area contributed by atoms with E-state index in [9.17, 15) is 34.2 Å². The molecule has 27 heteroatoms. The molecule has 4 rings (SSSR count). The summed E-state index contributed by atoms with van der Waals surface area (Å²) in [5.74, 6) is -9.35. The molecule has 0 aromatic rings. The molecule has 0 radical (unpaired) electrons. The predicted octanol–water partition coefficient (Wildman–Crippen LogP) is 4.86. The zero-order valence-corrected chi connectivity index (χ0v) is 66.0. The lowest BCUT2D eigenvalue weighted by atomic mass is 9.84. The van der Waals surface area contributed by atoms with E-state index in [2.05, 4.69) is 21.3 Å². The Balaban J connectivity index is 1.98. The third-order valence-electron chi connectivity index (χ3n) is 21.5. The lowest BCUT2D eigenvalue weighted by molar-refractivity contribution is -0.151. The van der Waals surface area contributed by atoms with Gasteiger partial charge < -0.3 is 75.4 Å². The van der Waals surface area contributed by atoms with E-state index < -0.39 is 169 Å². The number of likely N-dealkylation sites (tertiary alicyclic amines) is 1. The lowest BCUT2D eigenvalue weighted by Gasteiger charge is -2.38. The van der Waals surface area contributed by atoms with Crippen LogP contribution in [0, 0.1) is 35.5 Å². The Hall–Kier alpha value is -6.48. The van der Waals surface area contributed by atoms with Gasteiger partial charge in [0, 0.05) is 68.5 Å². The van der Waals surface area contributed by atoms with Crippen molar-refractivity contribution in [1.82, 2.24) is 60.5 Å². The minimum absolute atomic E-state index is 0.00351. The molecular weight excluding hydrogens is 1320 g/mol. The number of hydrogen-bond donors (Lipinski definition) is 6. The summed E-state index contributed by atoms with van der Waals surface area (Å²) in [6.45, 7) is 20.3. The summed E-state index contributed by atoms with van der Waals surface area (Å²) in [5.41, 5.74) is -1.17. The molecule has 588 valence electrons. The molecule has 2 saturated heterocycles. The quantitative estimate of drug-likeness (QED) is 0.0836. The van der Waals surface area contributed by atoms with Crippen LogP contribution in [0.25, 0.3) is 0 Å². The summed E-state index contributed by atoms with van der Waals surface area (Å²) < 4.78 is 6.06. The molecule has 6 N–H and O–H groups in total. The van der Waals surface area contributed by atoms with Crippen LogP contribution in [-0.2, 0) is 62.3 Å². The van der Waals surface area contributed by atoms with Crippen molar-refractivity contribution >= 4 is 70.9 Å². The molecule has 27 nitrogen and oxygen atoms in total. The van der Waals surface area contributed by atoms with Gasteiger partial charge in [0.25, 0.3) is 0 Å². The van der Waals surface area contributed by atoms with Gasteiger partial charge in [-0.25, -0.2) is 0 Å². The summed E-state index contributed by atoms with van der Waals surface area (Å²) in [6, 6.07) is -12.0. The van der Waals surface area contributed by atoms with E-state index in [-0.39, 0.29) is 81.3 Å². The number of nitrogens with zero attached hydrogens (tertiary/aromatic N) is 8.